The first-order chi connectivity index (χ1) is 10.9. The van der Waals surface area contributed by atoms with E-state index in [1.165, 1.54) is 6.26 Å². The zero-order valence-electron chi connectivity index (χ0n) is 13.4. The number of nitrogens with zero attached hydrogens (tertiary/aromatic N) is 3. The maximum absolute atomic E-state index is 12.5. The van der Waals surface area contributed by atoms with Crippen molar-refractivity contribution in [3.05, 3.63) is 18.5 Å². The Balaban J connectivity index is 1.62. The molecule has 0 bridgehead atoms. The summed E-state index contributed by atoms with van der Waals surface area (Å²) in [6.45, 7) is 0.798. The summed E-state index contributed by atoms with van der Waals surface area (Å²) >= 11 is 0. The van der Waals surface area contributed by atoms with Gasteiger partial charge in [0.2, 0.25) is 0 Å². The van der Waals surface area contributed by atoms with Gasteiger partial charge < -0.3 is 10.2 Å². The summed E-state index contributed by atoms with van der Waals surface area (Å²) < 4.78 is 25.2. The maximum Gasteiger partial charge on any atom is 0.317 e. The third-order valence-electron chi connectivity index (χ3n) is 4.94. The van der Waals surface area contributed by atoms with E-state index in [4.69, 9.17) is 0 Å². The van der Waals surface area contributed by atoms with Crippen LogP contribution < -0.4 is 5.32 Å². The molecule has 1 saturated heterocycles. The van der Waals surface area contributed by atoms with Crippen molar-refractivity contribution in [1.29, 1.82) is 0 Å². The van der Waals surface area contributed by atoms with Crippen molar-refractivity contribution in [2.24, 2.45) is 0 Å². The Hall–Kier alpha value is -1.57. The second kappa shape index (κ2) is 6.51. The van der Waals surface area contributed by atoms with Gasteiger partial charge in [0.1, 0.15) is 0 Å². The van der Waals surface area contributed by atoms with Crippen LogP contribution in [0.3, 0.4) is 0 Å². The van der Waals surface area contributed by atoms with Gasteiger partial charge in [-0.2, -0.15) is 5.10 Å². The highest BCUT2D eigenvalue weighted by molar-refractivity contribution is 7.91. The second-order valence-electron chi connectivity index (χ2n) is 6.58. The van der Waals surface area contributed by atoms with Gasteiger partial charge in [0.05, 0.1) is 17.3 Å². The molecule has 2 aliphatic rings. The molecule has 3 atom stereocenters. The Bertz CT molecular complexity index is 644. The normalized spacial score (nSPS) is 28.7. The smallest absolute Gasteiger partial charge is 0.317 e. The minimum atomic E-state index is -3.08. The molecule has 3 rings (SSSR count). The van der Waals surface area contributed by atoms with E-state index in [0.29, 0.717) is 19.5 Å². The molecule has 1 aromatic rings. The van der Waals surface area contributed by atoms with Crippen molar-refractivity contribution in [2.75, 3.05) is 19.3 Å². The zero-order chi connectivity index (χ0) is 16.4. The molecule has 2 fully saturated rings. The van der Waals surface area contributed by atoms with Crippen LogP contribution >= 0.6 is 0 Å². The van der Waals surface area contributed by atoms with Crippen LogP contribution in [-0.4, -0.2) is 59.8 Å². The number of hydrogen-bond acceptors (Lipinski definition) is 4. The van der Waals surface area contributed by atoms with E-state index >= 15 is 0 Å². The maximum atomic E-state index is 12.5. The average Bonchev–Trinajstić information content (AvgIpc) is 3.19. The van der Waals surface area contributed by atoms with Crippen molar-refractivity contribution in [2.45, 2.75) is 49.4 Å². The van der Waals surface area contributed by atoms with Crippen molar-refractivity contribution in [3.63, 3.8) is 0 Å². The van der Waals surface area contributed by atoms with E-state index in [1.54, 1.807) is 11.1 Å². The lowest BCUT2D eigenvalue weighted by Crippen LogP contribution is -2.48. The molecule has 2 amide bonds. The summed E-state index contributed by atoms with van der Waals surface area (Å²) in [5.74, 6) is 0. The Kier molecular flexibility index (Phi) is 4.61. The van der Waals surface area contributed by atoms with E-state index < -0.39 is 15.1 Å². The Morgan fingerprint density at radius 2 is 2.04 bits per heavy atom. The third-order valence-corrected chi connectivity index (χ3v) is 6.54. The lowest BCUT2D eigenvalue weighted by Gasteiger charge is -2.33. The number of carbonyl (C=O) groups excluding carboxylic acids is 1. The summed E-state index contributed by atoms with van der Waals surface area (Å²) in [5.41, 5.74) is 0. The summed E-state index contributed by atoms with van der Waals surface area (Å²) in [7, 11) is -3.08. The molecule has 1 N–H and O–H groups in total. The van der Waals surface area contributed by atoms with Gasteiger partial charge in [-0.05, 0) is 25.3 Å². The van der Waals surface area contributed by atoms with Crippen LogP contribution in [0.1, 0.15) is 38.1 Å². The van der Waals surface area contributed by atoms with Gasteiger partial charge in [0.25, 0.3) is 0 Å². The molecule has 0 radical (unpaired) electrons. The number of urea groups is 1. The predicted molar refractivity (Wildman–Crippen MR) is 86.9 cm³/mol. The van der Waals surface area contributed by atoms with Crippen LogP contribution in [-0.2, 0) is 9.84 Å². The highest BCUT2D eigenvalue weighted by atomic mass is 32.2. The number of hydrogen-bond donors (Lipinski definition) is 1. The van der Waals surface area contributed by atoms with E-state index in [1.807, 2.05) is 16.9 Å². The van der Waals surface area contributed by atoms with Gasteiger partial charge in [-0.25, -0.2) is 13.2 Å². The van der Waals surface area contributed by atoms with Crippen LogP contribution in [0.2, 0.25) is 0 Å². The molecule has 128 valence electrons. The molecule has 1 saturated carbocycles. The molecule has 23 heavy (non-hydrogen) atoms. The highest BCUT2D eigenvalue weighted by Gasteiger charge is 2.35. The molecule has 0 aromatic carbocycles. The molecule has 0 spiro atoms. The van der Waals surface area contributed by atoms with Gasteiger partial charge in [-0.1, -0.05) is 12.8 Å². The topological polar surface area (TPSA) is 84.3 Å². The molecule has 0 unspecified atom stereocenters. The lowest BCUT2D eigenvalue weighted by molar-refractivity contribution is 0.187. The first-order valence-electron chi connectivity index (χ1n) is 8.18. The van der Waals surface area contributed by atoms with Crippen LogP contribution in [0.15, 0.2) is 18.5 Å². The minimum Gasteiger partial charge on any atom is -0.333 e. The Morgan fingerprint density at radius 3 is 2.70 bits per heavy atom. The molecular weight excluding hydrogens is 316 g/mol. The van der Waals surface area contributed by atoms with E-state index in [0.717, 1.165) is 25.7 Å². The first-order valence-corrected chi connectivity index (χ1v) is 10.1. The van der Waals surface area contributed by atoms with Crippen LogP contribution in [0.4, 0.5) is 4.79 Å². The van der Waals surface area contributed by atoms with Crippen molar-refractivity contribution >= 4 is 15.9 Å². The molecular formula is C15H24N4O3S. The largest absolute Gasteiger partial charge is 0.333 e. The number of sulfone groups is 1. The summed E-state index contributed by atoms with van der Waals surface area (Å²) in [5, 5.41) is 6.99. The van der Waals surface area contributed by atoms with Gasteiger partial charge in [0, 0.05) is 31.7 Å². The highest BCUT2D eigenvalue weighted by Crippen LogP contribution is 2.28. The SMILES string of the molecule is CS(=O)(=O)[C@@H]1CCN(C(=O)N[C@@H]2CCCC[C@@H]2n2cccn2)C1. The summed E-state index contributed by atoms with van der Waals surface area (Å²) in [4.78, 5) is 14.1. The predicted octanol–water partition coefficient (Wildman–Crippen LogP) is 1.20. The molecule has 1 aromatic heterocycles. The molecule has 7 nitrogen and oxygen atoms in total. The van der Waals surface area contributed by atoms with Crippen molar-refractivity contribution in [3.8, 4) is 0 Å². The number of likely N-dealkylation sites (tertiary alicyclic amines) is 1. The molecule has 1 aliphatic carbocycles. The van der Waals surface area contributed by atoms with E-state index in [9.17, 15) is 13.2 Å². The number of carbonyl (C=O) groups is 1. The van der Waals surface area contributed by atoms with Crippen molar-refractivity contribution < 1.29 is 13.2 Å². The number of amides is 2. The third kappa shape index (κ3) is 3.68. The minimum absolute atomic E-state index is 0.0495. The van der Waals surface area contributed by atoms with E-state index in [-0.39, 0.29) is 18.1 Å². The van der Waals surface area contributed by atoms with Gasteiger partial charge in [-0.15, -0.1) is 0 Å². The first kappa shape index (κ1) is 16.3. The molecule has 8 heteroatoms. The summed E-state index contributed by atoms with van der Waals surface area (Å²) in [6.07, 6.45) is 9.62. The number of aromatic nitrogens is 2. The average molecular weight is 340 g/mol. The van der Waals surface area contributed by atoms with Crippen LogP contribution in [0, 0.1) is 0 Å². The van der Waals surface area contributed by atoms with Gasteiger partial charge in [0.15, 0.2) is 9.84 Å². The fraction of sp³-hybridized carbons (Fsp3) is 0.733. The van der Waals surface area contributed by atoms with Crippen LogP contribution in [0.5, 0.6) is 0 Å². The fourth-order valence-electron chi connectivity index (χ4n) is 3.59. The standard InChI is InChI=1S/C15H24N4O3S/c1-23(21,22)12-7-10-18(11-12)15(20)17-13-5-2-3-6-14(13)19-9-4-8-16-19/h4,8-9,12-14H,2-3,5-7,10-11H2,1H3,(H,17,20)/t12-,13-,14+/m1/s1. The molecule has 2 heterocycles. The van der Waals surface area contributed by atoms with Gasteiger partial charge >= 0.3 is 6.03 Å². The second-order valence-corrected chi connectivity index (χ2v) is 8.91. The monoisotopic (exact) mass is 340 g/mol. The van der Waals surface area contributed by atoms with Crippen LogP contribution in [0.25, 0.3) is 0 Å². The zero-order valence-corrected chi connectivity index (χ0v) is 14.2. The van der Waals surface area contributed by atoms with E-state index in [2.05, 4.69) is 10.4 Å². The Morgan fingerprint density at radius 1 is 1.26 bits per heavy atom. The fourth-order valence-corrected chi connectivity index (χ4v) is 4.57. The number of rotatable bonds is 3. The quantitative estimate of drug-likeness (QED) is 0.896. The van der Waals surface area contributed by atoms with Gasteiger partial charge in [-0.3, -0.25) is 4.68 Å². The van der Waals surface area contributed by atoms with Crippen molar-refractivity contribution in [1.82, 2.24) is 20.0 Å². The summed E-state index contributed by atoms with van der Waals surface area (Å²) in [6, 6.07) is 1.97. The molecule has 1 aliphatic heterocycles. The Labute approximate surface area is 137 Å². The lowest BCUT2D eigenvalue weighted by atomic mass is 9.90. The number of nitrogens with one attached hydrogen (secondary N) is 1.